The van der Waals surface area contributed by atoms with Gasteiger partial charge in [-0.05, 0) is 53.9 Å². The molecule has 33 heavy (non-hydrogen) atoms. The Bertz CT molecular complexity index is 1440. The third-order valence-corrected chi connectivity index (χ3v) is 6.42. The number of H-pyrrole nitrogens is 1. The third-order valence-electron chi connectivity index (χ3n) is 4.74. The van der Waals surface area contributed by atoms with E-state index in [9.17, 15) is 14.0 Å². The number of nitrogens with zero attached hydrogens (tertiary/aromatic N) is 2. The number of hydrogen-bond acceptors (Lipinski definition) is 6. The second kappa shape index (κ2) is 8.93. The number of benzene rings is 2. The van der Waals surface area contributed by atoms with Crippen LogP contribution in [0.2, 0.25) is 0 Å². The molecule has 5 rings (SSSR count). The first-order chi connectivity index (χ1) is 16.0. The highest BCUT2D eigenvalue weighted by atomic mass is 32.1. The number of thiazole rings is 1. The van der Waals surface area contributed by atoms with Crippen LogP contribution < -0.4 is 10.6 Å². The highest BCUT2D eigenvalue weighted by Gasteiger charge is 2.13. The minimum atomic E-state index is -0.308. The molecule has 0 unspecified atom stereocenters. The van der Waals surface area contributed by atoms with Crippen molar-refractivity contribution in [1.29, 1.82) is 0 Å². The molecular formula is C23H16FN5O2S2. The number of halogens is 1. The number of hydrogen-bond donors (Lipinski definition) is 3. The van der Waals surface area contributed by atoms with Crippen molar-refractivity contribution in [3.8, 4) is 11.4 Å². The molecule has 0 aliphatic heterocycles. The number of aromatic amines is 1. The van der Waals surface area contributed by atoms with Crippen LogP contribution in [0.25, 0.3) is 22.4 Å². The highest BCUT2D eigenvalue weighted by Crippen LogP contribution is 2.24. The van der Waals surface area contributed by atoms with Gasteiger partial charge in [0.15, 0.2) is 5.13 Å². The Morgan fingerprint density at radius 1 is 1.00 bits per heavy atom. The SMILES string of the molecule is O=C(Cc1csc(NC(=O)c2cccs2)n1)Nc1ccc2nc(-c3ccc(F)cc3)[nH]c2c1. The van der Waals surface area contributed by atoms with Gasteiger partial charge in [-0.25, -0.2) is 14.4 Å². The standard InChI is InChI=1S/C23H16FN5O2S2/c24-14-5-3-13(4-6-14)21-27-17-8-7-15(10-18(17)28-21)25-20(30)11-16-12-33-23(26-16)29-22(31)19-2-1-9-32-19/h1-10,12H,11H2,(H,25,30)(H,27,28)(H,26,29,31). The van der Waals surface area contributed by atoms with Gasteiger partial charge >= 0.3 is 0 Å². The normalized spacial score (nSPS) is 10.9. The van der Waals surface area contributed by atoms with Gasteiger partial charge in [0.1, 0.15) is 11.6 Å². The van der Waals surface area contributed by atoms with Crippen molar-refractivity contribution in [2.75, 3.05) is 10.6 Å². The van der Waals surface area contributed by atoms with Crippen LogP contribution in [0, 0.1) is 5.82 Å². The summed E-state index contributed by atoms with van der Waals surface area (Å²) in [6, 6.07) is 15.0. The quantitative estimate of drug-likeness (QED) is 0.308. The monoisotopic (exact) mass is 477 g/mol. The van der Waals surface area contributed by atoms with Crippen LogP contribution in [0.5, 0.6) is 0 Å². The van der Waals surface area contributed by atoms with Crippen LogP contribution in [-0.2, 0) is 11.2 Å². The van der Waals surface area contributed by atoms with Gasteiger partial charge in [0.2, 0.25) is 5.91 Å². The van der Waals surface area contributed by atoms with Crippen LogP contribution in [0.3, 0.4) is 0 Å². The molecule has 0 saturated heterocycles. The number of carbonyl (C=O) groups is 2. The molecule has 2 aromatic carbocycles. The van der Waals surface area contributed by atoms with Crippen molar-refractivity contribution in [2.24, 2.45) is 0 Å². The zero-order chi connectivity index (χ0) is 22.8. The molecule has 0 bridgehead atoms. The van der Waals surface area contributed by atoms with E-state index in [1.54, 1.807) is 47.8 Å². The predicted molar refractivity (Wildman–Crippen MR) is 128 cm³/mol. The largest absolute Gasteiger partial charge is 0.338 e. The first-order valence-electron chi connectivity index (χ1n) is 9.88. The third kappa shape index (κ3) is 4.81. The topological polar surface area (TPSA) is 99.8 Å². The summed E-state index contributed by atoms with van der Waals surface area (Å²) in [4.78, 5) is 37.3. The summed E-state index contributed by atoms with van der Waals surface area (Å²) in [6.07, 6.45) is 0.0766. The Balaban J connectivity index is 1.23. The molecule has 0 spiro atoms. The molecule has 0 radical (unpaired) electrons. The van der Waals surface area contributed by atoms with Crippen molar-refractivity contribution in [3.05, 3.63) is 81.7 Å². The number of imidazole rings is 1. The molecule has 0 fully saturated rings. The number of amides is 2. The molecule has 5 aromatic rings. The maximum Gasteiger partial charge on any atom is 0.267 e. The van der Waals surface area contributed by atoms with Crippen LogP contribution in [0.4, 0.5) is 15.2 Å². The van der Waals surface area contributed by atoms with Crippen molar-refractivity contribution in [2.45, 2.75) is 6.42 Å². The van der Waals surface area contributed by atoms with Crippen molar-refractivity contribution < 1.29 is 14.0 Å². The molecule has 3 N–H and O–H groups in total. The van der Waals surface area contributed by atoms with Crippen molar-refractivity contribution in [3.63, 3.8) is 0 Å². The fourth-order valence-electron chi connectivity index (χ4n) is 3.21. The molecule has 164 valence electrons. The van der Waals surface area contributed by atoms with E-state index in [-0.39, 0.29) is 24.1 Å². The average Bonchev–Trinajstić information content (AvgIpc) is 3.55. The number of carbonyl (C=O) groups excluding carboxylic acids is 2. The Hall–Kier alpha value is -3.89. The van der Waals surface area contributed by atoms with E-state index in [4.69, 9.17) is 0 Å². The highest BCUT2D eigenvalue weighted by molar-refractivity contribution is 7.14. The van der Waals surface area contributed by atoms with Crippen LogP contribution >= 0.6 is 22.7 Å². The molecule has 7 nitrogen and oxygen atoms in total. The van der Waals surface area contributed by atoms with E-state index in [2.05, 4.69) is 25.6 Å². The number of nitrogens with one attached hydrogen (secondary N) is 3. The van der Waals surface area contributed by atoms with Crippen LogP contribution in [0.1, 0.15) is 15.4 Å². The average molecular weight is 478 g/mol. The summed E-state index contributed by atoms with van der Waals surface area (Å²) in [7, 11) is 0. The molecular weight excluding hydrogens is 461 g/mol. The van der Waals surface area contributed by atoms with E-state index >= 15 is 0 Å². The molecule has 0 atom stereocenters. The minimum absolute atomic E-state index is 0.0766. The maximum absolute atomic E-state index is 13.2. The van der Waals surface area contributed by atoms with Gasteiger partial charge in [0, 0.05) is 16.6 Å². The summed E-state index contributed by atoms with van der Waals surface area (Å²) in [6.45, 7) is 0. The van der Waals surface area contributed by atoms with E-state index in [0.717, 1.165) is 16.6 Å². The van der Waals surface area contributed by atoms with Crippen molar-refractivity contribution >= 4 is 56.3 Å². The molecule has 3 heterocycles. The Labute approximate surface area is 195 Å². The van der Waals surface area contributed by atoms with Crippen molar-refractivity contribution in [1.82, 2.24) is 15.0 Å². The van der Waals surface area contributed by atoms with Crippen LogP contribution in [0.15, 0.2) is 65.4 Å². The molecule has 2 amide bonds. The van der Waals surface area contributed by atoms with Gasteiger partial charge in [0.25, 0.3) is 5.91 Å². The fraction of sp³-hybridized carbons (Fsp3) is 0.0435. The summed E-state index contributed by atoms with van der Waals surface area (Å²) in [5, 5.41) is 9.62. The smallest absolute Gasteiger partial charge is 0.267 e. The summed E-state index contributed by atoms with van der Waals surface area (Å²) in [5.74, 6) is -0.137. The Morgan fingerprint density at radius 3 is 2.64 bits per heavy atom. The number of thiophene rings is 1. The van der Waals surface area contributed by atoms with Gasteiger partial charge in [-0.3, -0.25) is 14.9 Å². The maximum atomic E-state index is 13.2. The van der Waals surface area contributed by atoms with Gasteiger partial charge < -0.3 is 10.3 Å². The second-order valence-electron chi connectivity index (χ2n) is 7.12. The van der Waals surface area contributed by atoms with E-state index in [0.29, 0.717) is 27.2 Å². The number of aromatic nitrogens is 3. The lowest BCUT2D eigenvalue weighted by molar-refractivity contribution is -0.115. The zero-order valence-corrected chi connectivity index (χ0v) is 18.6. The first kappa shape index (κ1) is 21.0. The van der Waals surface area contributed by atoms with Gasteiger partial charge in [-0.2, -0.15) is 0 Å². The van der Waals surface area contributed by atoms with Gasteiger partial charge in [-0.15, -0.1) is 22.7 Å². The summed E-state index contributed by atoms with van der Waals surface area (Å²) >= 11 is 2.62. The lowest BCUT2D eigenvalue weighted by atomic mass is 10.2. The molecule has 10 heteroatoms. The van der Waals surface area contributed by atoms with Gasteiger partial charge in [-0.1, -0.05) is 6.07 Å². The van der Waals surface area contributed by atoms with Gasteiger partial charge in [0.05, 0.1) is 28.0 Å². The summed E-state index contributed by atoms with van der Waals surface area (Å²) in [5.41, 5.74) is 3.43. The van der Waals surface area contributed by atoms with E-state index < -0.39 is 0 Å². The molecule has 3 aromatic heterocycles. The number of anilines is 2. The molecule has 0 saturated carbocycles. The Morgan fingerprint density at radius 2 is 1.85 bits per heavy atom. The lowest BCUT2D eigenvalue weighted by Crippen LogP contribution is -2.15. The Kier molecular flexibility index (Phi) is 5.68. The fourth-order valence-corrected chi connectivity index (χ4v) is 4.54. The molecule has 0 aliphatic rings. The first-order valence-corrected chi connectivity index (χ1v) is 11.6. The minimum Gasteiger partial charge on any atom is -0.338 e. The number of rotatable bonds is 6. The summed E-state index contributed by atoms with van der Waals surface area (Å²) < 4.78 is 13.2. The number of fused-ring (bicyclic) bond motifs is 1. The van der Waals surface area contributed by atoms with E-state index in [1.807, 2.05) is 5.38 Å². The molecule has 0 aliphatic carbocycles. The van der Waals surface area contributed by atoms with Crippen LogP contribution in [-0.4, -0.2) is 26.8 Å². The van der Waals surface area contributed by atoms with E-state index in [1.165, 1.54) is 34.8 Å². The second-order valence-corrected chi connectivity index (χ2v) is 8.93. The predicted octanol–water partition coefficient (Wildman–Crippen LogP) is 5.32. The zero-order valence-electron chi connectivity index (χ0n) is 17.0. The lowest BCUT2D eigenvalue weighted by Gasteiger charge is -2.04.